The van der Waals surface area contributed by atoms with Crippen molar-refractivity contribution >= 4 is 15.7 Å². The van der Waals surface area contributed by atoms with Crippen LogP contribution in [0.5, 0.6) is 0 Å². The molecule has 0 saturated carbocycles. The summed E-state index contributed by atoms with van der Waals surface area (Å²) >= 11 is 0. The molecule has 186 valence electrons. The predicted octanol–water partition coefficient (Wildman–Crippen LogP) is 3.56. The van der Waals surface area contributed by atoms with Gasteiger partial charge < -0.3 is 19.1 Å². The zero-order chi connectivity index (χ0) is 24.7. The van der Waals surface area contributed by atoms with E-state index in [9.17, 15) is 13.2 Å². The molecule has 0 aromatic rings. The maximum absolute atomic E-state index is 12.8. The highest BCUT2D eigenvalue weighted by atomic mass is 32.2. The van der Waals surface area contributed by atoms with Gasteiger partial charge in [-0.05, 0) is 34.1 Å². The van der Waals surface area contributed by atoms with Crippen LogP contribution in [0.4, 0.5) is 0 Å². The second kappa shape index (κ2) is 11.4. The lowest BCUT2D eigenvalue weighted by molar-refractivity contribution is -0.139. The summed E-state index contributed by atoms with van der Waals surface area (Å²) in [7, 11) is 0.412. The summed E-state index contributed by atoms with van der Waals surface area (Å²) in [5.74, 6) is 0.0941. The van der Waals surface area contributed by atoms with Crippen molar-refractivity contribution in [1.82, 2.24) is 4.90 Å². The van der Waals surface area contributed by atoms with E-state index in [1.54, 1.807) is 19.1 Å². The minimum atomic E-state index is -3.06. The highest BCUT2D eigenvalue weighted by Crippen LogP contribution is 2.24. The molecule has 8 heteroatoms. The van der Waals surface area contributed by atoms with Crippen LogP contribution in [-0.2, 0) is 28.8 Å². The van der Waals surface area contributed by atoms with Gasteiger partial charge in [0.05, 0.1) is 43.2 Å². The number of amides is 1. The molecule has 0 heterocycles. The molecule has 31 heavy (non-hydrogen) atoms. The van der Waals surface area contributed by atoms with Crippen molar-refractivity contribution in [3.63, 3.8) is 0 Å². The average molecular weight is 466 g/mol. The number of hydrogen-bond donors (Lipinski definition) is 0. The molecule has 0 saturated heterocycles. The highest BCUT2D eigenvalue weighted by Gasteiger charge is 2.30. The normalized spacial score (nSPS) is 14.0. The van der Waals surface area contributed by atoms with Crippen LogP contribution in [0.25, 0.3) is 0 Å². The Morgan fingerprint density at radius 3 is 1.90 bits per heavy atom. The molecule has 0 aliphatic rings. The number of rotatable bonds is 15. The molecule has 0 aliphatic heterocycles. The van der Waals surface area contributed by atoms with Gasteiger partial charge in [0.15, 0.2) is 0 Å². The van der Waals surface area contributed by atoms with Crippen molar-refractivity contribution in [3.05, 3.63) is 0 Å². The van der Waals surface area contributed by atoms with Crippen molar-refractivity contribution in [2.24, 2.45) is 10.8 Å². The monoisotopic (exact) mass is 465 g/mol. The summed E-state index contributed by atoms with van der Waals surface area (Å²) in [6.07, 6.45) is 2.27. The van der Waals surface area contributed by atoms with E-state index in [-0.39, 0.29) is 29.1 Å². The fourth-order valence-electron chi connectivity index (χ4n) is 3.36. The average Bonchev–Trinajstić information content (AvgIpc) is 2.50. The van der Waals surface area contributed by atoms with E-state index in [0.29, 0.717) is 26.4 Å². The van der Waals surface area contributed by atoms with Gasteiger partial charge in [-0.15, -0.1) is 0 Å². The van der Waals surface area contributed by atoms with Crippen molar-refractivity contribution < 1.29 is 27.4 Å². The molecule has 0 unspecified atom stereocenters. The fourth-order valence-corrected chi connectivity index (χ4v) is 4.86. The van der Waals surface area contributed by atoms with Gasteiger partial charge in [0, 0.05) is 37.8 Å². The molecule has 0 radical (unpaired) electrons. The summed E-state index contributed by atoms with van der Waals surface area (Å²) < 4.78 is 40.3. The van der Waals surface area contributed by atoms with Gasteiger partial charge in [0.1, 0.15) is 9.84 Å². The van der Waals surface area contributed by atoms with E-state index in [1.165, 1.54) is 6.26 Å². The smallest absolute Gasteiger partial charge is 0.225 e. The predicted molar refractivity (Wildman–Crippen MR) is 126 cm³/mol. The van der Waals surface area contributed by atoms with Crippen molar-refractivity contribution in [2.75, 3.05) is 52.5 Å². The third-order valence-electron chi connectivity index (χ3n) is 5.06. The van der Waals surface area contributed by atoms with Crippen LogP contribution in [0.15, 0.2) is 0 Å². The molecule has 0 aromatic heterocycles. The van der Waals surface area contributed by atoms with Crippen molar-refractivity contribution in [1.29, 1.82) is 0 Å². The maximum atomic E-state index is 12.8. The number of hydrogen-bond acceptors (Lipinski definition) is 6. The first-order chi connectivity index (χ1) is 13.7. The molecule has 0 aromatic carbocycles. The second-order valence-corrected chi connectivity index (χ2v) is 13.8. The highest BCUT2D eigenvalue weighted by molar-refractivity contribution is 7.90. The molecule has 7 nitrogen and oxygen atoms in total. The Bertz CT molecular complexity index is 668. The Morgan fingerprint density at radius 2 is 1.42 bits per heavy atom. The lowest BCUT2D eigenvalue weighted by Gasteiger charge is -2.34. The summed E-state index contributed by atoms with van der Waals surface area (Å²) in [5, 5.41) is 0. The van der Waals surface area contributed by atoms with Crippen molar-refractivity contribution in [3.8, 4) is 0 Å². The third-order valence-corrected chi connectivity index (χ3v) is 6.36. The first-order valence-electron chi connectivity index (χ1n) is 10.9. The van der Waals surface area contributed by atoms with E-state index >= 15 is 0 Å². The molecule has 0 N–H and O–H groups in total. The number of carbonyl (C=O) groups excluding carboxylic acids is 1. The fraction of sp³-hybridized carbons (Fsp3) is 0.957. The number of nitrogens with zero attached hydrogens (tertiary/aromatic N) is 1. The van der Waals surface area contributed by atoms with Crippen LogP contribution >= 0.6 is 0 Å². The summed E-state index contributed by atoms with van der Waals surface area (Å²) in [6, 6.07) is 0. The molecular formula is C23H47NO6S. The number of methoxy groups -OCH3 is 1. The van der Waals surface area contributed by atoms with Crippen LogP contribution in [0, 0.1) is 10.8 Å². The standard InChI is InChI=1S/C23H47NO6S/c1-20(2,16-29-17-21(3,4)18-31(11,26)27)15-24(9)19(25)14-23(7,8)30-13-12-22(5,6)28-10/h12-18H2,1-11H3. The number of carbonyl (C=O) groups is 1. The van der Waals surface area contributed by atoms with Gasteiger partial charge in [-0.2, -0.15) is 0 Å². The zero-order valence-electron chi connectivity index (χ0n) is 21.8. The molecule has 0 atom stereocenters. The minimum Gasteiger partial charge on any atom is -0.380 e. The Hall–Kier alpha value is -0.700. The topological polar surface area (TPSA) is 82.1 Å². The van der Waals surface area contributed by atoms with Crippen LogP contribution in [0.2, 0.25) is 0 Å². The number of ether oxygens (including phenoxy) is 3. The van der Waals surface area contributed by atoms with Gasteiger partial charge in [0.25, 0.3) is 0 Å². The molecule has 0 fully saturated rings. The van der Waals surface area contributed by atoms with Crippen LogP contribution < -0.4 is 0 Å². The second-order valence-electron chi connectivity index (χ2n) is 11.6. The van der Waals surface area contributed by atoms with Crippen LogP contribution in [0.1, 0.15) is 68.2 Å². The number of sulfone groups is 1. The Kier molecular flexibility index (Phi) is 11.2. The SMILES string of the molecule is COC(C)(C)CCOC(C)(C)CC(=O)N(C)CC(C)(C)COCC(C)(C)CS(C)(=O)=O. The summed E-state index contributed by atoms with van der Waals surface area (Å²) in [4.78, 5) is 14.5. The molecule has 0 aliphatic carbocycles. The van der Waals surface area contributed by atoms with Gasteiger partial charge in [-0.3, -0.25) is 4.79 Å². The quantitative estimate of drug-likeness (QED) is 0.368. The van der Waals surface area contributed by atoms with Crippen LogP contribution in [-0.4, -0.2) is 83.0 Å². The van der Waals surface area contributed by atoms with Crippen molar-refractivity contribution in [2.45, 2.75) is 79.4 Å². The Labute approximate surface area is 191 Å². The minimum absolute atomic E-state index is 0.0153. The van der Waals surface area contributed by atoms with E-state index in [1.807, 2.05) is 55.4 Å². The Morgan fingerprint density at radius 1 is 0.903 bits per heavy atom. The van der Waals surface area contributed by atoms with Gasteiger partial charge >= 0.3 is 0 Å². The maximum Gasteiger partial charge on any atom is 0.225 e. The first-order valence-corrected chi connectivity index (χ1v) is 12.9. The Balaban J connectivity index is 4.58. The van der Waals surface area contributed by atoms with E-state index in [0.717, 1.165) is 6.42 Å². The van der Waals surface area contributed by atoms with Gasteiger partial charge in [-0.1, -0.05) is 27.7 Å². The largest absolute Gasteiger partial charge is 0.380 e. The van der Waals surface area contributed by atoms with Gasteiger partial charge in [0.2, 0.25) is 5.91 Å². The molecule has 0 spiro atoms. The third kappa shape index (κ3) is 14.9. The van der Waals surface area contributed by atoms with E-state index < -0.39 is 20.9 Å². The first kappa shape index (κ1) is 30.3. The summed E-state index contributed by atoms with van der Waals surface area (Å²) in [5.41, 5.74) is -1.54. The van der Waals surface area contributed by atoms with Crippen LogP contribution in [0.3, 0.4) is 0 Å². The van der Waals surface area contributed by atoms with Gasteiger partial charge in [-0.25, -0.2) is 8.42 Å². The summed E-state index contributed by atoms with van der Waals surface area (Å²) in [6.45, 7) is 17.5. The molecule has 1 amide bonds. The molecule has 0 bridgehead atoms. The van der Waals surface area contributed by atoms with E-state index in [2.05, 4.69) is 0 Å². The lowest BCUT2D eigenvalue weighted by atomic mass is 9.93. The lowest BCUT2D eigenvalue weighted by Crippen LogP contribution is -2.42. The molecular weight excluding hydrogens is 418 g/mol. The zero-order valence-corrected chi connectivity index (χ0v) is 22.6. The van der Waals surface area contributed by atoms with E-state index in [4.69, 9.17) is 14.2 Å². The molecule has 0 rings (SSSR count).